The lowest BCUT2D eigenvalue weighted by Crippen LogP contribution is -2.52. The van der Waals surface area contributed by atoms with E-state index in [2.05, 4.69) is 44.1 Å². The first-order valence-electron chi connectivity index (χ1n) is 11.0. The van der Waals surface area contributed by atoms with Gasteiger partial charge < -0.3 is 24.6 Å². The topological polar surface area (TPSA) is 52.6 Å². The quantitative estimate of drug-likeness (QED) is 0.347. The summed E-state index contributed by atoms with van der Waals surface area (Å²) in [6, 6.07) is 6.27. The predicted octanol–water partition coefficient (Wildman–Crippen LogP) is 2.46. The number of nitrogens with zero attached hydrogens (tertiary/aromatic N) is 4. The number of benzene rings is 1. The fourth-order valence-electron chi connectivity index (χ4n) is 4.48. The van der Waals surface area contributed by atoms with Gasteiger partial charge in [-0.15, -0.1) is 24.0 Å². The molecule has 2 saturated heterocycles. The first-order chi connectivity index (χ1) is 14.2. The van der Waals surface area contributed by atoms with Crippen LogP contribution in [-0.2, 0) is 6.54 Å². The molecule has 0 amide bonds. The average Bonchev–Trinajstić information content (AvgIpc) is 3.41. The third kappa shape index (κ3) is 6.13. The summed E-state index contributed by atoms with van der Waals surface area (Å²) in [5, 5.41) is 3.61. The summed E-state index contributed by atoms with van der Waals surface area (Å²) < 4.78 is 10.9. The summed E-state index contributed by atoms with van der Waals surface area (Å²) >= 11 is 0. The van der Waals surface area contributed by atoms with E-state index in [0.29, 0.717) is 12.7 Å². The Labute approximate surface area is 197 Å². The Hall–Kier alpha value is -1.26. The van der Waals surface area contributed by atoms with E-state index in [1.165, 1.54) is 38.0 Å². The van der Waals surface area contributed by atoms with E-state index in [4.69, 9.17) is 9.47 Å². The van der Waals surface area contributed by atoms with Crippen LogP contribution >= 0.6 is 24.0 Å². The Kier molecular flexibility index (Phi) is 8.88. The Bertz CT molecular complexity index is 703. The molecule has 1 unspecified atom stereocenters. The zero-order valence-corrected chi connectivity index (χ0v) is 20.6. The molecule has 2 fully saturated rings. The van der Waals surface area contributed by atoms with Crippen LogP contribution in [0.3, 0.4) is 0 Å². The predicted molar refractivity (Wildman–Crippen MR) is 131 cm³/mol. The lowest BCUT2D eigenvalue weighted by Gasteiger charge is -2.37. The normalized spacial score (nSPS) is 20.9. The summed E-state index contributed by atoms with van der Waals surface area (Å²) in [5.74, 6) is 3.40. The molecule has 1 N–H and O–H groups in total. The van der Waals surface area contributed by atoms with Crippen molar-refractivity contribution in [3.05, 3.63) is 23.8 Å². The van der Waals surface area contributed by atoms with E-state index in [1.807, 2.05) is 13.1 Å². The van der Waals surface area contributed by atoms with Gasteiger partial charge in [-0.25, -0.2) is 0 Å². The molecule has 1 aromatic carbocycles. The maximum absolute atomic E-state index is 5.50. The third-order valence-electron chi connectivity index (χ3n) is 6.10. The van der Waals surface area contributed by atoms with Crippen molar-refractivity contribution < 1.29 is 9.47 Å². The highest BCUT2D eigenvalue weighted by Gasteiger charge is 2.21. The Morgan fingerprint density at radius 2 is 1.77 bits per heavy atom. The van der Waals surface area contributed by atoms with Gasteiger partial charge in [0.15, 0.2) is 17.5 Å². The second kappa shape index (κ2) is 11.4. The van der Waals surface area contributed by atoms with Crippen LogP contribution in [0.1, 0.15) is 25.3 Å². The van der Waals surface area contributed by atoms with E-state index in [-0.39, 0.29) is 24.0 Å². The fourth-order valence-corrected chi connectivity index (χ4v) is 4.48. The molecule has 0 saturated carbocycles. The molecule has 7 nitrogen and oxygen atoms in total. The van der Waals surface area contributed by atoms with Crippen molar-refractivity contribution in [2.75, 3.05) is 66.2 Å². The minimum absolute atomic E-state index is 0. The number of rotatable bonds is 6. The molecule has 30 heavy (non-hydrogen) atoms. The molecule has 1 aromatic rings. The molecule has 1 atom stereocenters. The van der Waals surface area contributed by atoms with Gasteiger partial charge in [0.2, 0.25) is 6.79 Å². The Morgan fingerprint density at radius 1 is 1.03 bits per heavy atom. The molecular weight excluding hydrogens is 493 g/mol. The van der Waals surface area contributed by atoms with Crippen LogP contribution in [0, 0.1) is 5.92 Å². The first kappa shape index (κ1) is 23.4. The van der Waals surface area contributed by atoms with E-state index in [9.17, 15) is 0 Å². The van der Waals surface area contributed by atoms with Crippen molar-refractivity contribution in [3.8, 4) is 11.5 Å². The summed E-state index contributed by atoms with van der Waals surface area (Å²) in [4.78, 5) is 12.0. The molecule has 0 spiro atoms. The molecule has 0 aliphatic carbocycles. The number of halogens is 1. The number of nitrogens with one attached hydrogen (secondary N) is 1. The van der Waals surface area contributed by atoms with Crippen molar-refractivity contribution in [1.82, 2.24) is 20.0 Å². The zero-order valence-electron chi connectivity index (χ0n) is 18.3. The van der Waals surface area contributed by atoms with Gasteiger partial charge in [0.25, 0.3) is 0 Å². The Balaban J connectivity index is 0.00000256. The number of guanidine groups is 1. The van der Waals surface area contributed by atoms with Crippen molar-refractivity contribution in [3.63, 3.8) is 0 Å². The van der Waals surface area contributed by atoms with Crippen LogP contribution in [0.2, 0.25) is 0 Å². The van der Waals surface area contributed by atoms with Gasteiger partial charge in [0.05, 0.1) is 0 Å². The Morgan fingerprint density at radius 3 is 2.50 bits per heavy atom. The lowest BCUT2D eigenvalue weighted by atomic mass is 10.1. The number of hydrogen-bond acceptors (Lipinski definition) is 5. The summed E-state index contributed by atoms with van der Waals surface area (Å²) in [6.45, 7) is 12.4. The lowest BCUT2D eigenvalue weighted by molar-refractivity contribution is 0.170. The van der Waals surface area contributed by atoms with Gasteiger partial charge in [0, 0.05) is 52.9 Å². The smallest absolute Gasteiger partial charge is 0.231 e. The molecule has 4 rings (SSSR count). The number of likely N-dealkylation sites (tertiary alicyclic amines) is 1. The van der Waals surface area contributed by atoms with Gasteiger partial charge in [-0.2, -0.15) is 0 Å². The van der Waals surface area contributed by atoms with Crippen LogP contribution in [0.25, 0.3) is 0 Å². The zero-order chi connectivity index (χ0) is 20.1. The van der Waals surface area contributed by atoms with Crippen LogP contribution in [0.4, 0.5) is 0 Å². The van der Waals surface area contributed by atoms with Crippen molar-refractivity contribution in [2.45, 2.75) is 26.3 Å². The summed E-state index contributed by atoms with van der Waals surface area (Å²) in [7, 11) is 1.90. The van der Waals surface area contributed by atoms with Crippen LogP contribution in [0.5, 0.6) is 11.5 Å². The second-order valence-electron chi connectivity index (χ2n) is 8.49. The van der Waals surface area contributed by atoms with Crippen LogP contribution < -0.4 is 14.8 Å². The van der Waals surface area contributed by atoms with Gasteiger partial charge >= 0.3 is 0 Å². The highest BCUT2D eigenvalue weighted by atomic mass is 127. The maximum Gasteiger partial charge on any atom is 0.231 e. The third-order valence-corrected chi connectivity index (χ3v) is 6.10. The standard InChI is InChI=1S/C22H35N5O2.HI/c1-18(15-25-7-3-4-8-25)14-24-22(23-2)27-11-9-26(10-12-27)16-19-5-6-20-21(13-19)29-17-28-20;/h5-6,13,18H,3-4,7-12,14-17H2,1-2H3,(H,23,24);1H. The molecule has 168 valence electrons. The van der Waals surface area contributed by atoms with Crippen molar-refractivity contribution in [2.24, 2.45) is 10.9 Å². The fraction of sp³-hybridized carbons (Fsp3) is 0.682. The summed E-state index contributed by atoms with van der Waals surface area (Å²) in [6.07, 6.45) is 2.72. The average molecular weight is 529 g/mol. The van der Waals surface area contributed by atoms with Crippen molar-refractivity contribution in [1.29, 1.82) is 0 Å². The van der Waals surface area contributed by atoms with Gasteiger partial charge in [-0.1, -0.05) is 13.0 Å². The van der Waals surface area contributed by atoms with E-state index in [1.54, 1.807) is 0 Å². The minimum Gasteiger partial charge on any atom is -0.454 e. The maximum atomic E-state index is 5.50. The number of fused-ring (bicyclic) bond motifs is 1. The van der Waals surface area contributed by atoms with E-state index >= 15 is 0 Å². The SMILES string of the molecule is CN=C(NCC(C)CN1CCCC1)N1CCN(Cc2ccc3c(c2)OCO3)CC1.I. The monoisotopic (exact) mass is 529 g/mol. The minimum atomic E-state index is 0. The number of aliphatic imine (C=N–C) groups is 1. The molecule has 3 aliphatic heterocycles. The molecule has 0 radical (unpaired) electrons. The molecule has 0 bridgehead atoms. The molecule has 8 heteroatoms. The highest BCUT2D eigenvalue weighted by molar-refractivity contribution is 14.0. The largest absolute Gasteiger partial charge is 0.454 e. The number of ether oxygens (including phenoxy) is 2. The number of piperazine rings is 1. The van der Waals surface area contributed by atoms with Gasteiger partial charge in [0.1, 0.15) is 0 Å². The number of hydrogen-bond donors (Lipinski definition) is 1. The van der Waals surface area contributed by atoms with Crippen molar-refractivity contribution >= 4 is 29.9 Å². The van der Waals surface area contributed by atoms with Gasteiger partial charge in [-0.3, -0.25) is 9.89 Å². The summed E-state index contributed by atoms with van der Waals surface area (Å²) in [5.41, 5.74) is 1.28. The van der Waals surface area contributed by atoms with Gasteiger partial charge in [-0.05, 0) is 49.5 Å². The molecular formula is C22H36IN5O2. The highest BCUT2D eigenvalue weighted by Crippen LogP contribution is 2.32. The molecule has 3 heterocycles. The van der Waals surface area contributed by atoms with Crippen LogP contribution in [0.15, 0.2) is 23.2 Å². The van der Waals surface area contributed by atoms with E-state index in [0.717, 1.165) is 56.7 Å². The van der Waals surface area contributed by atoms with Crippen LogP contribution in [-0.4, -0.2) is 86.9 Å². The first-order valence-corrected chi connectivity index (χ1v) is 11.0. The molecule has 0 aromatic heterocycles. The van der Waals surface area contributed by atoms with E-state index < -0.39 is 0 Å². The second-order valence-corrected chi connectivity index (χ2v) is 8.49. The molecule has 3 aliphatic rings.